The minimum absolute atomic E-state index is 0.0258. The molecule has 2 amide bonds. The van der Waals surface area contributed by atoms with Crippen LogP contribution in [0.2, 0.25) is 0 Å². The summed E-state index contributed by atoms with van der Waals surface area (Å²) < 4.78 is 6.05. The second-order valence-corrected chi connectivity index (χ2v) is 7.61. The normalized spacial score (nSPS) is 18.1. The number of thiazole rings is 1. The number of carbonyl (C=O) groups excluding carboxylic acids is 2. The molecule has 4 rings (SSSR count). The fourth-order valence-electron chi connectivity index (χ4n) is 3.11. The quantitative estimate of drug-likeness (QED) is 0.625. The topological polar surface area (TPSA) is 93.7 Å². The summed E-state index contributed by atoms with van der Waals surface area (Å²) in [5.41, 5.74) is 1.05. The second kappa shape index (κ2) is 8.14. The van der Waals surface area contributed by atoms with E-state index < -0.39 is 0 Å². The SMILES string of the molecule is CON(C)C(=O)c1csc(NC(=O)C2CC(Oc3cccc4cccnc34)C2)n1. The monoisotopic (exact) mass is 412 g/mol. The molecule has 8 nitrogen and oxygen atoms in total. The summed E-state index contributed by atoms with van der Waals surface area (Å²) in [6, 6.07) is 9.70. The van der Waals surface area contributed by atoms with Gasteiger partial charge in [-0.05, 0) is 25.0 Å². The van der Waals surface area contributed by atoms with Gasteiger partial charge in [0.1, 0.15) is 23.1 Å². The number of amides is 2. The zero-order valence-corrected chi connectivity index (χ0v) is 16.8. The van der Waals surface area contributed by atoms with E-state index in [2.05, 4.69) is 15.3 Å². The first-order valence-corrected chi connectivity index (χ1v) is 10.0. The highest BCUT2D eigenvalue weighted by atomic mass is 32.1. The number of para-hydroxylation sites is 1. The number of carbonyl (C=O) groups is 2. The van der Waals surface area contributed by atoms with Crippen molar-refractivity contribution in [3.63, 3.8) is 0 Å². The Morgan fingerprint density at radius 1 is 1.24 bits per heavy atom. The summed E-state index contributed by atoms with van der Waals surface area (Å²) in [4.78, 5) is 37.8. The smallest absolute Gasteiger partial charge is 0.296 e. The number of nitrogens with one attached hydrogen (secondary N) is 1. The number of anilines is 1. The van der Waals surface area contributed by atoms with Gasteiger partial charge in [-0.25, -0.2) is 10.0 Å². The predicted octanol–water partition coefficient (Wildman–Crippen LogP) is 3.12. The van der Waals surface area contributed by atoms with E-state index in [1.807, 2.05) is 30.3 Å². The van der Waals surface area contributed by atoms with Crippen molar-refractivity contribution in [1.82, 2.24) is 15.0 Å². The van der Waals surface area contributed by atoms with E-state index in [9.17, 15) is 9.59 Å². The van der Waals surface area contributed by atoms with Crippen LogP contribution >= 0.6 is 11.3 Å². The highest BCUT2D eigenvalue weighted by Crippen LogP contribution is 2.34. The van der Waals surface area contributed by atoms with Crippen molar-refractivity contribution >= 4 is 39.2 Å². The van der Waals surface area contributed by atoms with Crippen molar-refractivity contribution in [1.29, 1.82) is 0 Å². The number of ether oxygens (including phenoxy) is 1. The molecule has 0 saturated heterocycles. The summed E-state index contributed by atoms with van der Waals surface area (Å²) in [5.74, 6) is 0.101. The van der Waals surface area contributed by atoms with Gasteiger partial charge in [0.25, 0.3) is 5.91 Å². The Kier molecular flexibility index (Phi) is 5.41. The van der Waals surface area contributed by atoms with Crippen molar-refractivity contribution in [2.75, 3.05) is 19.5 Å². The van der Waals surface area contributed by atoms with Gasteiger partial charge in [-0.3, -0.25) is 19.4 Å². The highest BCUT2D eigenvalue weighted by Gasteiger charge is 2.36. The van der Waals surface area contributed by atoms with Crippen molar-refractivity contribution in [3.8, 4) is 5.75 Å². The van der Waals surface area contributed by atoms with Crippen LogP contribution in [0.4, 0.5) is 5.13 Å². The number of hydroxylamine groups is 2. The maximum absolute atomic E-state index is 12.4. The molecular weight excluding hydrogens is 392 g/mol. The molecule has 0 spiro atoms. The molecule has 0 bridgehead atoms. The molecule has 1 fully saturated rings. The number of pyridine rings is 1. The van der Waals surface area contributed by atoms with E-state index in [-0.39, 0.29) is 29.5 Å². The average molecular weight is 412 g/mol. The van der Waals surface area contributed by atoms with Gasteiger partial charge in [0.05, 0.1) is 7.11 Å². The standard InChI is InChI=1S/C20H20N4O4S/c1-24(27-2)19(26)15-11-29-20(22-15)23-18(25)13-9-14(10-13)28-16-7-3-5-12-6-4-8-21-17(12)16/h3-8,11,13-14H,9-10H2,1-2H3,(H,22,23,25). The fourth-order valence-corrected chi connectivity index (χ4v) is 3.80. The van der Waals surface area contributed by atoms with Crippen LogP contribution in [0.25, 0.3) is 10.9 Å². The molecule has 0 aliphatic heterocycles. The number of fused-ring (bicyclic) bond motifs is 1. The number of rotatable bonds is 6. The maximum Gasteiger partial charge on any atom is 0.296 e. The lowest BCUT2D eigenvalue weighted by molar-refractivity contribution is -0.125. The summed E-state index contributed by atoms with van der Waals surface area (Å²) in [7, 11) is 2.90. The van der Waals surface area contributed by atoms with Crippen LogP contribution in [-0.4, -0.2) is 47.1 Å². The van der Waals surface area contributed by atoms with Crippen LogP contribution in [0.1, 0.15) is 23.3 Å². The molecule has 1 N–H and O–H groups in total. The number of aromatic nitrogens is 2. The van der Waals surface area contributed by atoms with Gasteiger partial charge in [0.2, 0.25) is 5.91 Å². The Labute approximate surface area is 171 Å². The second-order valence-electron chi connectivity index (χ2n) is 6.75. The highest BCUT2D eigenvalue weighted by molar-refractivity contribution is 7.14. The first-order chi connectivity index (χ1) is 14.0. The molecule has 0 atom stereocenters. The third kappa shape index (κ3) is 4.06. The number of hydrogen-bond acceptors (Lipinski definition) is 7. The molecule has 2 heterocycles. The molecule has 0 radical (unpaired) electrons. The van der Waals surface area contributed by atoms with E-state index in [0.29, 0.717) is 18.0 Å². The molecule has 0 unspecified atom stereocenters. The third-order valence-corrected chi connectivity index (χ3v) is 5.63. The minimum atomic E-state index is -0.370. The Balaban J connectivity index is 1.31. The van der Waals surface area contributed by atoms with Crippen LogP contribution in [0.3, 0.4) is 0 Å². The number of nitrogens with zero attached hydrogens (tertiary/aromatic N) is 3. The van der Waals surface area contributed by atoms with Crippen LogP contribution < -0.4 is 10.1 Å². The van der Waals surface area contributed by atoms with E-state index in [0.717, 1.165) is 21.7 Å². The Morgan fingerprint density at radius 3 is 2.83 bits per heavy atom. The molecule has 3 aromatic rings. The molecule has 1 aliphatic carbocycles. The number of benzene rings is 1. The molecule has 1 saturated carbocycles. The average Bonchev–Trinajstić information content (AvgIpc) is 3.17. The molecule has 1 aromatic carbocycles. The Bertz CT molecular complexity index is 1040. The molecule has 150 valence electrons. The molecule has 9 heteroatoms. The summed E-state index contributed by atoms with van der Waals surface area (Å²) in [6.07, 6.45) is 2.96. The van der Waals surface area contributed by atoms with Gasteiger partial charge >= 0.3 is 0 Å². The van der Waals surface area contributed by atoms with Crippen LogP contribution in [0.5, 0.6) is 5.75 Å². The van der Waals surface area contributed by atoms with Gasteiger partial charge in [0, 0.05) is 29.9 Å². The van der Waals surface area contributed by atoms with Gasteiger partial charge in [-0.1, -0.05) is 18.2 Å². The van der Waals surface area contributed by atoms with E-state index >= 15 is 0 Å². The molecule has 1 aliphatic rings. The zero-order chi connectivity index (χ0) is 20.4. The Hall–Kier alpha value is -3.04. The lowest BCUT2D eigenvalue weighted by Gasteiger charge is -2.34. The van der Waals surface area contributed by atoms with E-state index in [1.165, 1.54) is 25.5 Å². The summed E-state index contributed by atoms with van der Waals surface area (Å²) in [6.45, 7) is 0. The van der Waals surface area contributed by atoms with Crippen molar-refractivity contribution < 1.29 is 19.2 Å². The fraction of sp³-hybridized carbons (Fsp3) is 0.300. The van der Waals surface area contributed by atoms with Gasteiger partial charge < -0.3 is 10.1 Å². The first-order valence-electron chi connectivity index (χ1n) is 9.14. The van der Waals surface area contributed by atoms with Gasteiger partial charge in [-0.15, -0.1) is 11.3 Å². The van der Waals surface area contributed by atoms with Crippen molar-refractivity contribution in [3.05, 3.63) is 47.6 Å². The van der Waals surface area contributed by atoms with Crippen LogP contribution in [0.15, 0.2) is 41.9 Å². The van der Waals surface area contributed by atoms with Crippen molar-refractivity contribution in [2.45, 2.75) is 18.9 Å². The zero-order valence-electron chi connectivity index (χ0n) is 16.0. The molecule has 2 aromatic heterocycles. The minimum Gasteiger partial charge on any atom is -0.488 e. The lowest BCUT2D eigenvalue weighted by atomic mass is 9.81. The van der Waals surface area contributed by atoms with E-state index in [1.54, 1.807) is 11.6 Å². The summed E-state index contributed by atoms with van der Waals surface area (Å²) >= 11 is 1.21. The first kappa shape index (κ1) is 19.3. The van der Waals surface area contributed by atoms with Crippen LogP contribution in [0, 0.1) is 5.92 Å². The molecular formula is C20H20N4O4S. The van der Waals surface area contributed by atoms with Gasteiger partial charge in [0.15, 0.2) is 5.13 Å². The van der Waals surface area contributed by atoms with E-state index in [4.69, 9.17) is 9.57 Å². The van der Waals surface area contributed by atoms with Crippen LogP contribution in [-0.2, 0) is 9.63 Å². The van der Waals surface area contributed by atoms with Gasteiger partial charge in [-0.2, -0.15) is 0 Å². The lowest BCUT2D eigenvalue weighted by Crippen LogP contribution is -2.40. The third-order valence-electron chi connectivity index (χ3n) is 4.87. The summed E-state index contributed by atoms with van der Waals surface area (Å²) in [5, 5.41) is 6.86. The number of hydrogen-bond donors (Lipinski definition) is 1. The van der Waals surface area contributed by atoms with Crippen molar-refractivity contribution in [2.24, 2.45) is 5.92 Å². The molecule has 29 heavy (non-hydrogen) atoms. The Morgan fingerprint density at radius 2 is 2.03 bits per heavy atom. The largest absolute Gasteiger partial charge is 0.488 e. The predicted molar refractivity (Wildman–Crippen MR) is 109 cm³/mol. The maximum atomic E-state index is 12.4.